The smallest absolute Gasteiger partial charge is 0.241 e. The van der Waals surface area contributed by atoms with Crippen LogP contribution >= 0.6 is 31.9 Å². The second-order valence-corrected chi connectivity index (χ2v) is 5.51. The average molecular weight is 349 g/mol. The first-order valence-corrected chi connectivity index (χ1v) is 6.43. The highest BCUT2D eigenvalue weighted by atomic mass is 79.9. The number of carbonyl (C=O) groups excluding carboxylic acids is 1. The van der Waals surface area contributed by atoms with Crippen molar-refractivity contribution in [1.82, 2.24) is 0 Å². The lowest BCUT2D eigenvalue weighted by Crippen LogP contribution is -2.09. The molecule has 2 rings (SSSR count). The molecule has 0 aliphatic heterocycles. The summed E-state index contributed by atoms with van der Waals surface area (Å²) >= 11 is 6.95. The van der Waals surface area contributed by atoms with Crippen LogP contribution in [0.25, 0.3) is 5.57 Å². The summed E-state index contributed by atoms with van der Waals surface area (Å²) < 4.78 is 13.2. The van der Waals surface area contributed by atoms with Gasteiger partial charge in [-0.05, 0) is 28.8 Å². The fourth-order valence-corrected chi connectivity index (χ4v) is 3.14. The van der Waals surface area contributed by atoms with Crippen molar-refractivity contribution in [1.29, 1.82) is 0 Å². The maximum atomic E-state index is 13.2. The Morgan fingerprint density at radius 1 is 1.38 bits per heavy atom. The van der Waals surface area contributed by atoms with Gasteiger partial charge in [-0.3, -0.25) is 4.79 Å². The van der Waals surface area contributed by atoms with Gasteiger partial charge in [0.2, 0.25) is 5.91 Å². The highest BCUT2D eigenvalue weighted by Crippen LogP contribution is 2.48. The van der Waals surface area contributed by atoms with Gasteiger partial charge < -0.3 is 5.73 Å². The minimum atomic E-state index is -0.531. The molecule has 0 aromatic heterocycles. The molecule has 2 N–H and O–H groups in total. The number of carbonyl (C=O) groups is 1. The fourth-order valence-electron chi connectivity index (χ4n) is 1.79. The van der Waals surface area contributed by atoms with E-state index in [4.69, 9.17) is 5.73 Å². The van der Waals surface area contributed by atoms with Crippen LogP contribution in [0.15, 0.2) is 24.3 Å². The van der Waals surface area contributed by atoms with Crippen molar-refractivity contribution < 1.29 is 9.18 Å². The number of fused-ring (bicyclic) bond motifs is 1. The SMILES string of the molecule is NC(=O)/C=C1/c2cc(F)ccc2C(Br)C1Br. The second kappa shape index (κ2) is 4.30. The van der Waals surface area contributed by atoms with E-state index in [-0.39, 0.29) is 15.5 Å². The van der Waals surface area contributed by atoms with E-state index in [1.165, 1.54) is 18.2 Å². The Kier molecular flexibility index (Phi) is 3.17. The van der Waals surface area contributed by atoms with Crippen LogP contribution in [0.2, 0.25) is 0 Å². The maximum absolute atomic E-state index is 13.2. The molecule has 1 aliphatic rings. The first kappa shape index (κ1) is 11.8. The Labute approximate surface area is 109 Å². The van der Waals surface area contributed by atoms with E-state index in [0.29, 0.717) is 5.57 Å². The van der Waals surface area contributed by atoms with Crippen molar-refractivity contribution in [2.24, 2.45) is 5.73 Å². The van der Waals surface area contributed by atoms with E-state index in [1.54, 1.807) is 6.07 Å². The zero-order chi connectivity index (χ0) is 11.9. The molecule has 1 aliphatic carbocycles. The van der Waals surface area contributed by atoms with Gasteiger partial charge in [-0.15, -0.1) is 0 Å². The van der Waals surface area contributed by atoms with Gasteiger partial charge in [0.05, 0.1) is 9.65 Å². The Hall–Kier alpha value is -0.680. The van der Waals surface area contributed by atoms with Crippen LogP contribution in [-0.2, 0) is 4.79 Å². The number of allylic oxidation sites excluding steroid dienone is 1. The summed E-state index contributed by atoms with van der Waals surface area (Å²) in [5.41, 5.74) is 7.52. The molecule has 0 fully saturated rings. The molecule has 5 heteroatoms. The van der Waals surface area contributed by atoms with Gasteiger partial charge in [0, 0.05) is 6.08 Å². The van der Waals surface area contributed by atoms with Crippen LogP contribution in [0.4, 0.5) is 4.39 Å². The minimum Gasteiger partial charge on any atom is -0.366 e. The molecular weight excluding hydrogens is 341 g/mol. The monoisotopic (exact) mass is 347 g/mol. The molecule has 2 atom stereocenters. The lowest BCUT2D eigenvalue weighted by molar-refractivity contribution is -0.113. The summed E-state index contributed by atoms with van der Waals surface area (Å²) in [4.78, 5) is 10.9. The third kappa shape index (κ3) is 1.94. The summed E-state index contributed by atoms with van der Waals surface area (Å²) in [5, 5.41) is 0. The van der Waals surface area contributed by atoms with Crippen LogP contribution in [0.5, 0.6) is 0 Å². The molecule has 1 aromatic rings. The van der Waals surface area contributed by atoms with Crippen molar-refractivity contribution >= 4 is 43.3 Å². The molecule has 0 spiro atoms. The van der Waals surface area contributed by atoms with Crippen molar-refractivity contribution in [2.45, 2.75) is 9.65 Å². The fraction of sp³-hybridized carbons (Fsp3) is 0.182. The van der Waals surface area contributed by atoms with Gasteiger partial charge in [0.25, 0.3) is 0 Å². The van der Waals surface area contributed by atoms with Gasteiger partial charge in [-0.1, -0.05) is 37.9 Å². The Balaban J connectivity index is 2.60. The zero-order valence-corrected chi connectivity index (χ0v) is 11.3. The second-order valence-electron chi connectivity index (χ2n) is 3.54. The highest BCUT2D eigenvalue weighted by Gasteiger charge is 2.33. The van der Waals surface area contributed by atoms with E-state index in [0.717, 1.165) is 11.1 Å². The quantitative estimate of drug-likeness (QED) is 0.615. The van der Waals surface area contributed by atoms with Gasteiger partial charge >= 0.3 is 0 Å². The molecule has 84 valence electrons. The normalized spacial score (nSPS) is 25.8. The van der Waals surface area contributed by atoms with Crippen molar-refractivity contribution in [3.63, 3.8) is 0 Å². The van der Waals surface area contributed by atoms with Crippen LogP contribution in [0.3, 0.4) is 0 Å². The number of primary amides is 1. The number of alkyl halides is 2. The van der Waals surface area contributed by atoms with Crippen LogP contribution < -0.4 is 5.73 Å². The van der Waals surface area contributed by atoms with Gasteiger partial charge in [0.15, 0.2) is 0 Å². The molecule has 1 amide bonds. The number of halogens is 3. The van der Waals surface area contributed by atoms with Crippen LogP contribution in [0, 0.1) is 5.82 Å². The largest absolute Gasteiger partial charge is 0.366 e. The standard InChI is InChI=1S/C11H8Br2FNO/c12-10-6-2-1-5(14)3-7(6)8(11(10)13)4-9(15)16/h1-4,10-11H,(H2,15,16)/b8-4-. The summed E-state index contributed by atoms with van der Waals surface area (Å²) in [7, 11) is 0. The topological polar surface area (TPSA) is 43.1 Å². The third-order valence-corrected chi connectivity index (χ3v) is 5.23. The Morgan fingerprint density at radius 3 is 2.69 bits per heavy atom. The average Bonchev–Trinajstić information content (AvgIpc) is 2.43. The molecule has 0 saturated carbocycles. The zero-order valence-electron chi connectivity index (χ0n) is 8.08. The lowest BCUT2D eigenvalue weighted by atomic mass is 10.1. The lowest BCUT2D eigenvalue weighted by Gasteiger charge is -2.06. The molecular formula is C11H8Br2FNO. The van der Waals surface area contributed by atoms with E-state index in [9.17, 15) is 9.18 Å². The molecule has 0 heterocycles. The van der Waals surface area contributed by atoms with Gasteiger partial charge in [-0.25, -0.2) is 4.39 Å². The Morgan fingerprint density at radius 2 is 2.06 bits per heavy atom. The summed E-state index contributed by atoms with van der Waals surface area (Å²) in [6.07, 6.45) is 1.33. The first-order valence-electron chi connectivity index (χ1n) is 4.59. The summed E-state index contributed by atoms with van der Waals surface area (Å²) in [6.45, 7) is 0. The van der Waals surface area contributed by atoms with E-state index in [2.05, 4.69) is 31.9 Å². The first-order chi connectivity index (χ1) is 7.50. The molecule has 0 radical (unpaired) electrons. The molecule has 1 aromatic carbocycles. The number of nitrogens with two attached hydrogens (primary N) is 1. The van der Waals surface area contributed by atoms with Gasteiger partial charge in [0.1, 0.15) is 5.82 Å². The van der Waals surface area contributed by atoms with Crippen LogP contribution in [-0.4, -0.2) is 10.7 Å². The van der Waals surface area contributed by atoms with Crippen molar-refractivity contribution in [2.75, 3.05) is 0 Å². The van der Waals surface area contributed by atoms with Gasteiger partial charge in [-0.2, -0.15) is 0 Å². The van der Waals surface area contributed by atoms with E-state index >= 15 is 0 Å². The summed E-state index contributed by atoms with van der Waals surface area (Å²) in [6, 6.07) is 4.53. The molecule has 0 saturated heterocycles. The van der Waals surface area contributed by atoms with E-state index in [1.807, 2.05) is 0 Å². The number of hydrogen-bond acceptors (Lipinski definition) is 1. The molecule has 16 heavy (non-hydrogen) atoms. The highest BCUT2D eigenvalue weighted by molar-refractivity contribution is 9.12. The van der Waals surface area contributed by atoms with Crippen molar-refractivity contribution in [3.8, 4) is 0 Å². The number of hydrogen-bond donors (Lipinski definition) is 1. The maximum Gasteiger partial charge on any atom is 0.241 e. The predicted molar refractivity (Wildman–Crippen MR) is 68.0 cm³/mol. The number of benzene rings is 1. The molecule has 2 unspecified atom stereocenters. The molecule has 0 bridgehead atoms. The third-order valence-electron chi connectivity index (χ3n) is 2.48. The van der Waals surface area contributed by atoms with Crippen molar-refractivity contribution in [3.05, 3.63) is 41.2 Å². The summed E-state index contributed by atoms with van der Waals surface area (Å²) in [5.74, 6) is -0.855. The number of rotatable bonds is 1. The minimum absolute atomic E-state index is 0.0219. The van der Waals surface area contributed by atoms with Crippen LogP contribution in [0.1, 0.15) is 16.0 Å². The molecule has 2 nitrogen and oxygen atoms in total. The Bertz CT molecular complexity index is 487. The predicted octanol–water partition coefficient (Wildman–Crippen LogP) is 2.91. The van der Waals surface area contributed by atoms with E-state index < -0.39 is 5.91 Å². The number of amides is 1.